The standard InChI is InChI=1S/C30H42O8/c1-9-11-17-33-35-21-13-15-25(29(3,4)5)23(19-21)27(31)37-38-28(32)24-20-22(36-34-18-12-10-2)14-16-26(24)30(6,7)8/h13-16,19-20H,9-12,17-18H2,1-8H3. The van der Waals surface area contributed by atoms with Crippen LogP contribution < -0.4 is 9.78 Å². The lowest BCUT2D eigenvalue weighted by Gasteiger charge is -2.23. The van der Waals surface area contributed by atoms with E-state index in [1.54, 1.807) is 24.3 Å². The largest absolute Gasteiger partial charge is 0.386 e. The van der Waals surface area contributed by atoms with Gasteiger partial charge in [-0.2, -0.15) is 9.78 Å². The van der Waals surface area contributed by atoms with E-state index >= 15 is 0 Å². The van der Waals surface area contributed by atoms with Crippen molar-refractivity contribution in [2.45, 2.75) is 91.9 Å². The van der Waals surface area contributed by atoms with Crippen molar-refractivity contribution in [2.75, 3.05) is 13.2 Å². The van der Waals surface area contributed by atoms with Crippen LogP contribution in [-0.2, 0) is 30.4 Å². The molecule has 0 aliphatic rings. The summed E-state index contributed by atoms with van der Waals surface area (Å²) in [5.74, 6) is -0.963. The molecule has 8 nitrogen and oxygen atoms in total. The van der Waals surface area contributed by atoms with Crippen molar-refractivity contribution in [3.63, 3.8) is 0 Å². The van der Waals surface area contributed by atoms with Crippen molar-refractivity contribution in [2.24, 2.45) is 0 Å². The van der Waals surface area contributed by atoms with Gasteiger partial charge in [0.1, 0.15) is 0 Å². The third-order valence-electron chi connectivity index (χ3n) is 5.70. The van der Waals surface area contributed by atoms with Crippen LogP contribution in [-0.4, -0.2) is 25.2 Å². The molecule has 2 rings (SSSR count). The first-order chi connectivity index (χ1) is 17.9. The van der Waals surface area contributed by atoms with E-state index in [2.05, 4.69) is 0 Å². The van der Waals surface area contributed by atoms with E-state index in [9.17, 15) is 9.59 Å². The molecule has 210 valence electrons. The first-order valence-electron chi connectivity index (χ1n) is 13.2. The number of carbonyl (C=O) groups is 2. The molecule has 0 spiro atoms. The fourth-order valence-corrected chi connectivity index (χ4v) is 3.59. The Bertz CT molecular complexity index is 977. The van der Waals surface area contributed by atoms with Gasteiger partial charge in [-0.25, -0.2) is 19.4 Å². The summed E-state index contributed by atoms with van der Waals surface area (Å²) in [7, 11) is 0. The summed E-state index contributed by atoms with van der Waals surface area (Å²) in [5.41, 5.74) is 1.05. The maximum atomic E-state index is 13.1. The number of unbranched alkanes of at least 4 members (excludes halogenated alkanes) is 2. The smallest absolute Gasteiger partial charge is 0.338 e. The SMILES string of the molecule is CCCCOOc1ccc(C(C)(C)C)c(C(=O)OOC(=O)c2cc(OOCCCC)ccc2C(C)(C)C)c1. The van der Waals surface area contributed by atoms with Crippen molar-refractivity contribution in [3.8, 4) is 11.5 Å². The van der Waals surface area contributed by atoms with Crippen molar-refractivity contribution < 1.29 is 38.9 Å². The van der Waals surface area contributed by atoms with Crippen LogP contribution in [0.3, 0.4) is 0 Å². The number of rotatable bonds is 12. The van der Waals surface area contributed by atoms with E-state index in [0.29, 0.717) is 35.8 Å². The van der Waals surface area contributed by atoms with Crippen molar-refractivity contribution in [1.82, 2.24) is 0 Å². The predicted molar refractivity (Wildman–Crippen MR) is 144 cm³/mol. The van der Waals surface area contributed by atoms with E-state index in [1.807, 2.05) is 55.4 Å². The Kier molecular flexibility index (Phi) is 11.6. The Labute approximate surface area is 226 Å². The molecular formula is C30H42O8. The summed E-state index contributed by atoms with van der Waals surface area (Å²) in [6.07, 6.45) is 3.62. The van der Waals surface area contributed by atoms with Crippen LogP contribution in [0, 0.1) is 0 Å². The zero-order valence-electron chi connectivity index (χ0n) is 24.0. The van der Waals surface area contributed by atoms with Crippen LogP contribution in [0.15, 0.2) is 36.4 Å². The highest BCUT2D eigenvalue weighted by atomic mass is 17.2. The summed E-state index contributed by atoms with van der Waals surface area (Å²) < 4.78 is 0. The fraction of sp³-hybridized carbons (Fsp3) is 0.533. The lowest BCUT2D eigenvalue weighted by molar-refractivity contribution is -0.207. The monoisotopic (exact) mass is 530 g/mol. The Morgan fingerprint density at radius 1 is 0.632 bits per heavy atom. The molecule has 38 heavy (non-hydrogen) atoms. The molecule has 0 aromatic heterocycles. The summed E-state index contributed by atoms with van der Waals surface area (Å²) in [6, 6.07) is 10.0. The Hall–Kier alpha value is -3.10. The fourth-order valence-electron chi connectivity index (χ4n) is 3.59. The first kappa shape index (κ1) is 31.1. The predicted octanol–water partition coefficient (Wildman–Crippen LogP) is 7.43. The average Bonchev–Trinajstić information content (AvgIpc) is 2.86. The lowest BCUT2D eigenvalue weighted by atomic mass is 9.83. The number of benzene rings is 2. The molecule has 8 heteroatoms. The Morgan fingerprint density at radius 3 is 1.32 bits per heavy atom. The lowest BCUT2D eigenvalue weighted by Crippen LogP contribution is -2.21. The second kappa shape index (κ2) is 14.2. The zero-order valence-corrected chi connectivity index (χ0v) is 24.0. The molecule has 0 heterocycles. The maximum absolute atomic E-state index is 13.1. The van der Waals surface area contributed by atoms with Crippen molar-refractivity contribution in [1.29, 1.82) is 0 Å². The number of hydrogen-bond acceptors (Lipinski definition) is 8. The molecule has 0 radical (unpaired) electrons. The summed E-state index contributed by atoms with van der Waals surface area (Å²) in [4.78, 5) is 57.4. The normalized spacial score (nSPS) is 11.7. The van der Waals surface area contributed by atoms with Crippen molar-refractivity contribution in [3.05, 3.63) is 58.7 Å². The maximum Gasteiger partial charge on any atom is 0.386 e. The van der Waals surface area contributed by atoms with Gasteiger partial charge in [0, 0.05) is 0 Å². The van der Waals surface area contributed by atoms with Gasteiger partial charge in [-0.3, -0.25) is 0 Å². The van der Waals surface area contributed by atoms with Gasteiger partial charge >= 0.3 is 11.9 Å². The molecule has 0 atom stereocenters. The minimum absolute atomic E-state index is 0.208. The van der Waals surface area contributed by atoms with E-state index < -0.39 is 11.9 Å². The van der Waals surface area contributed by atoms with Gasteiger partial charge in [0.2, 0.25) is 0 Å². The van der Waals surface area contributed by atoms with E-state index in [-0.39, 0.29) is 22.0 Å². The molecule has 0 saturated heterocycles. The van der Waals surface area contributed by atoms with Crippen LogP contribution in [0.4, 0.5) is 0 Å². The molecule has 0 amide bonds. The molecule has 0 unspecified atom stereocenters. The van der Waals surface area contributed by atoms with E-state index in [4.69, 9.17) is 29.3 Å². The summed E-state index contributed by atoms with van der Waals surface area (Å²) in [6.45, 7) is 16.7. The van der Waals surface area contributed by atoms with Crippen LogP contribution >= 0.6 is 0 Å². The van der Waals surface area contributed by atoms with E-state index in [1.165, 1.54) is 12.1 Å². The number of hydrogen-bond donors (Lipinski definition) is 0. The highest BCUT2D eigenvalue weighted by Crippen LogP contribution is 2.31. The molecule has 2 aromatic rings. The van der Waals surface area contributed by atoms with Crippen LogP contribution in [0.2, 0.25) is 0 Å². The molecule has 0 N–H and O–H groups in total. The topological polar surface area (TPSA) is 89.5 Å². The third-order valence-corrected chi connectivity index (χ3v) is 5.70. The van der Waals surface area contributed by atoms with Crippen LogP contribution in [0.1, 0.15) is 113 Å². The number of carbonyl (C=O) groups excluding carboxylic acids is 2. The summed E-state index contributed by atoms with van der Waals surface area (Å²) in [5, 5.41) is 0. The molecule has 2 aromatic carbocycles. The van der Waals surface area contributed by atoms with Gasteiger partial charge in [0.15, 0.2) is 11.5 Å². The highest BCUT2D eigenvalue weighted by Gasteiger charge is 2.28. The quantitative estimate of drug-likeness (QED) is 0.159. The third kappa shape index (κ3) is 9.33. The zero-order chi connectivity index (χ0) is 28.3. The average molecular weight is 531 g/mol. The van der Waals surface area contributed by atoms with Crippen molar-refractivity contribution >= 4 is 11.9 Å². The first-order valence-corrected chi connectivity index (χ1v) is 13.2. The van der Waals surface area contributed by atoms with Gasteiger partial charge in [0.25, 0.3) is 0 Å². The second-order valence-electron chi connectivity index (χ2n) is 11.2. The Balaban J connectivity index is 2.23. The van der Waals surface area contributed by atoms with Crippen LogP contribution in [0.5, 0.6) is 11.5 Å². The van der Waals surface area contributed by atoms with E-state index in [0.717, 1.165) is 25.7 Å². The highest BCUT2D eigenvalue weighted by molar-refractivity contribution is 5.95. The summed E-state index contributed by atoms with van der Waals surface area (Å²) >= 11 is 0. The molecule has 0 bridgehead atoms. The molecule has 0 fully saturated rings. The molecule has 0 saturated carbocycles. The van der Waals surface area contributed by atoms with Gasteiger partial charge in [-0.1, -0.05) is 80.4 Å². The minimum Gasteiger partial charge on any atom is -0.338 e. The molecule has 0 aliphatic carbocycles. The van der Waals surface area contributed by atoms with Gasteiger partial charge in [-0.15, -0.1) is 0 Å². The molecule has 0 aliphatic heterocycles. The Morgan fingerprint density at radius 2 is 1.00 bits per heavy atom. The van der Waals surface area contributed by atoms with Gasteiger partial charge in [-0.05, 0) is 59.1 Å². The minimum atomic E-state index is -0.824. The van der Waals surface area contributed by atoms with Gasteiger partial charge < -0.3 is 9.78 Å². The van der Waals surface area contributed by atoms with Crippen LogP contribution in [0.25, 0.3) is 0 Å². The van der Waals surface area contributed by atoms with Gasteiger partial charge in [0.05, 0.1) is 24.3 Å². The molecular weight excluding hydrogens is 488 g/mol. The second-order valence-corrected chi connectivity index (χ2v) is 11.2.